The van der Waals surface area contributed by atoms with Gasteiger partial charge in [0.05, 0.1) is 51.6 Å². The fourth-order valence-corrected chi connectivity index (χ4v) is 10.6. The van der Waals surface area contributed by atoms with E-state index in [1.807, 2.05) is 36.4 Å². The molecule has 0 saturated carbocycles. The molecule has 3 heterocycles. The summed E-state index contributed by atoms with van der Waals surface area (Å²) in [6.45, 7) is 35.1. The quantitative estimate of drug-likeness (QED) is 0.156. The highest BCUT2D eigenvalue weighted by molar-refractivity contribution is 6.12. The number of fused-ring (bicyclic) bond motifs is 6. The molecule has 0 amide bonds. The van der Waals surface area contributed by atoms with E-state index in [1.54, 1.807) is 0 Å². The van der Waals surface area contributed by atoms with Gasteiger partial charge in [0.15, 0.2) is 23.2 Å². The highest BCUT2D eigenvalue weighted by Gasteiger charge is 2.27. The molecule has 8 aromatic carbocycles. The van der Waals surface area contributed by atoms with Crippen LogP contribution in [-0.2, 0) is 21.7 Å². The Labute approximate surface area is 447 Å². The number of hydrogen-bond donors (Lipinski definition) is 0. The van der Waals surface area contributed by atoms with Crippen molar-refractivity contribution >= 4 is 49.3 Å². The van der Waals surface area contributed by atoms with Gasteiger partial charge in [-0.2, -0.15) is 5.26 Å². The van der Waals surface area contributed by atoms with Gasteiger partial charge in [-0.05, 0) is 140 Å². The molecule has 7 nitrogen and oxygen atoms in total. The molecule has 0 saturated heterocycles. The van der Waals surface area contributed by atoms with Crippen molar-refractivity contribution in [2.24, 2.45) is 0 Å². The van der Waals surface area contributed by atoms with Crippen LogP contribution in [0.5, 0.6) is 0 Å². The molecule has 11 rings (SSSR count). The minimum absolute atomic E-state index is 0.155. The van der Waals surface area contributed by atoms with Gasteiger partial charge in [0.1, 0.15) is 0 Å². The zero-order chi connectivity index (χ0) is 53.6. The Morgan fingerprint density at radius 1 is 0.395 bits per heavy atom. The summed E-state index contributed by atoms with van der Waals surface area (Å²) in [5, 5.41) is 14.3. The maximum Gasteiger partial charge on any atom is 0.188 e. The van der Waals surface area contributed by atoms with E-state index in [4.69, 9.17) is 21.5 Å². The van der Waals surface area contributed by atoms with Crippen molar-refractivity contribution in [3.8, 4) is 62.7 Å². The average Bonchev–Trinajstić information content (AvgIpc) is 4.03. The fraction of sp³-hybridized carbons (Fsp3) is 0.232. The maximum absolute atomic E-state index is 10.2. The lowest BCUT2D eigenvalue weighted by Gasteiger charge is -2.26. The van der Waals surface area contributed by atoms with E-state index in [9.17, 15) is 5.26 Å². The molecule has 3 aromatic heterocycles. The molecule has 0 aliphatic heterocycles. The molecule has 0 fully saturated rings. The second kappa shape index (κ2) is 18.0. The number of nitrogens with zero attached hydrogens (tertiary/aromatic N) is 7. The van der Waals surface area contributed by atoms with Crippen LogP contribution in [0, 0.1) is 17.9 Å². The van der Waals surface area contributed by atoms with Gasteiger partial charge in [-0.1, -0.05) is 162 Å². The Bertz CT molecular complexity index is 3950. The zero-order valence-corrected chi connectivity index (χ0v) is 45.7. The SMILES string of the molecule is [C-]#[N+]c1ccc2c(c1)c1cc(C#N)ccc1n2-c1ccc(-c2ccccc2-n2c3ccccc3c3ccccc32)cc1-c1nc(-c2cc(C(C)(C)C)cc(C(C)(C)C)c2)nc(-c2cc(C(C)(C)C)cc(C(C)(C)C)c2)n1. The van der Waals surface area contributed by atoms with Gasteiger partial charge in [0.25, 0.3) is 0 Å². The monoisotopic (exact) mass is 990 g/mol. The highest BCUT2D eigenvalue weighted by atomic mass is 15.1. The van der Waals surface area contributed by atoms with Gasteiger partial charge >= 0.3 is 0 Å². The van der Waals surface area contributed by atoms with Gasteiger partial charge in [0.2, 0.25) is 0 Å². The smallest absolute Gasteiger partial charge is 0.188 e. The van der Waals surface area contributed by atoms with Gasteiger partial charge < -0.3 is 9.13 Å². The molecule has 0 aliphatic rings. The largest absolute Gasteiger partial charge is 0.309 e. The van der Waals surface area contributed by atoms with Gasteiger partial charge in [-0.25, -0.2) is 19.8 Å². The van der Waals surface area contributed by atoms with Gasteiger partial charge in [-0.3, -0.25) is 0 Å². The fourth-order valence-electron chi connectivity index (χ4n) is 10.6. The Hall–Kier alpha value is -8.65. The second-order valence-corrected chi connectivity index (χ2v) is 24.5. The van der Waals surface area contributed by atoms with E-state index in [2.05, 4.69) is 231 Å². The molecule has 374 valence electrons. The molecular weight excluding hydrogens is 927 g/mol. The lowest BCUT2D eigenvalue weighted by molar-refractivity contribution is 0.568. The molecule has 0 atom stereocenters. The second-order valence-electron chi connectivity index (χ2n) is 24.5. The molecule has 0 radical (unpaired) electrons. The van der Waals surface area contributed by atoms with Crippen molar-refractivity contribution in [3.63, 3.8) is 0 Å². The summed E-state index contributed by atoms with van der Waals surface area (Å²) >= 11 is 0. The van der Waals surface area contributed by atoms with Crippen LogP contribution < -0.4 is 0 Å². The Balaban J connectivity index is 1.27. The van der Waals surface area contributed by atoms with Crippen molar-refractivity contribution in [1.82, 2.24) is 24.1 Å². The predicted octanol–water partition coefficient (Wildman–Crippen LogP) is 18.3. The molecule has 0 spiro atoms. The average molecular weight is 990 g/mol. The summed E-state index contributed by atoms with van der Waals surface area (Å²) in [7, 11) is 0. The molecule has 0 unspecified atom stereocenters. The summed E-state index contributed by atoms with van der Waals surface area (Å²) in [5.41, 5.74) is 15.9. The van der Waals surface area contributed by atoms with E-state index in [0.29, 0.717) is 28.7 Å². The first kappa shape index (κ1) is 49.6. The molecule has 0 aliphatic carbocycles. The van der Waals surface area contributed by atoms with Crippen LogP contribution in [0.1, 0.15) is 111 Å². The van der Waals surface area contributed by atoms with Crippen LogP contribution in [0.25, 0.3) is 105 Å². The van der Waals surface area contributed by atoms with E-state index in [-0.39, 0.29) is 21.7 Å². The molecule has 11 aromatic rings. The Morgan fingerprint density at radius 2 is 0.829 bits per heavy atom. The molecule has 0 N–H and O–H groups in total. The number of nitriles is 1. The van der Waals surface area contributed by atoms with E-state index >= 15 is 0 Å². The number of para-hydroxylation sites is 3. The van der Waals surface area contributed by atoms with E-state index in [0.717, 1.165) is 72.0 Å². The van der Waals surface area contributed by atoms with E-state index in [1.165, 1.54) is 33.0 Å². The number of benzene rings is 8. The van der Waals surface area contributed by atoms with Gasteiger partial charge in [0, 0.05) is 38.4 Å². The van der Waals surface area contributed by atoms with E-state index < -0.39 is 0 Å². The normalized spacial score (nSPS) is 12.4. The van der Waals surface area contributed by atoms with Crippen molar-refractivity contribution in [2.45, 2.75) is 105 Å². The third-order valence-electron chi connectivity index (χ3n) is 15.0. The predicted molar refractivity (Wildman–Crippen MR) is 316 cm³/mol. The molecule has 76 heavy (non-hydrogen) atoms. The molecule has 7 heteroatoms. The topological polar surface area (TPSA) is 76.7 Å². The minimum Gasteiger partial charge on any atom is -0.309 e. The first-order valence-corrected chi connectivity index (χ1v) is 26.3. The first-order chi connectivity index (χ1) is 36.1. The van der Waals surface area contributed by atoms with Crippen LogP contribution in [0.2, 0.25) is 0 Å². The Kier molecular flexibility index (Phi) is 11.8. The summed E-state index contributed by atoms with van der Waals surface area (Å²) in [6, 6.07) is 60.2. The Morgan fingerprint density at radius 3 is 1.33 bits per heavy atom. The standard InChI is InChI=1S/C69H63N7/c1-66(2,3)46-33-44(34-47(38-46)67(4,5)6)63-72-64(45-35-48(68(7,8)9)39-49(36-45)69(10,11)12)74-65(73-63)56-37-43(51-20-14-17-23-57(51)75-58-24-18-15-21-52(58)53-22-16-19-25-59(53)75)27-30-62(56)76-60-29-26-42(41-70)32-54(60)55-40-50(71-13)28-31-61(55)76/h14-40H,1-12H3. The third-order valence-corrected chi connectivity index (χ3v) is 15.0. The molecule has 0 bridgehead atoms. The van der Waals surface area contributed by atoms with Crippen molar-refractivity contribution < 1.29 is 0 Å². The zero-order valence-electron chi connectivity index (χ0n) is 45.7. The maximum atomic E-state index is 10.2. The van der Waals surface area contributed by atoms with Crippen molar-refractivity contribution in [1.29, 1.82) is 5.26 Å². The summed E-state index contributed by atoms with van der Waals surface area (Å²) in [5.74, 6) is 1.68. The lowest BCUT2D eigenvalue weighted by Crippen LogP contribution is -2.17. The van der Waals surface area contributed by atoms with Crippen LogP contribution >= 0.6 is 0 Å². The van der Waals surface area contributed by atoms with Gasteiger partial charge in [-0.15, -0.1) is 0 Å². The summed E-state index contributed by atoms with van der Waals surface area (Å²) < 4.78 is 4.63. The molecular formula is C69H63N7. The number of hydrogen-bond acceptors (Lipinski definition) is 4. The lowest BCUT2D eigenvalue weighted by atomic mass is 9.79. The minimum atomic E-state index is -0.155. The third kappa shape index (κ3) is 8.80. The van der Waals surface area contributed by atoms with Crippen molar-refractivity contribution in [3.05, 3.63) is 203 Å². The summed E-state index contributed by atoms with van der Waals surface area (Å²) in [6.07, 6.45) is 0. The number of rotatable bonds is 6. The van der Waals surface area contributed by atoms with Crippen LogP contribution in [0.15, 0.2) is 164 Å². The number of aromatic nitrogens is 5. The van der Waals surface area contributed by atoms with Crippen LogP contribution in [0.3, 0.4) is 0 Å². The first-order valence-electron chi connectivity index (χ1n) is 26.3. The summed E-state index contributed by atoms with van der Waals surface area (Å²) in [4.78, 5) is 20.6. The van der Waals surface area contributed by atoms with Crippen LogP contribution in [0.4, 0.5) is 5.69 Å². The van der Waals surface area contributed by atoms with Crippen molar-refractivity contribution in [2.75, 3.05) is 0 Å². The van der Waals surface area contributed by atoms with Crippen LogP contribution in [-0.4, -0.2) is 24.1 Å². The highest BCUT2D eigenvalue weighted by Crippen LogP contribution is 2.43.